The van der Waals surface area contributed by atoms with E-state index >= 15 is 0 Å². The van der Waals surface area contributed by atoms with E-state index in [1.165, 1.54) is 0 Å². The Bertz CT molecular complexity index is 2090. The predicted molar refractivity (Wildman–Crippen MR) is 228 cm³/mol. The molecule has 10 heteroatoms. The summed E-state index contributed by atoms with van der Waals surface area (Å²) in [5, 5.41) is 42.5. The monoisotopic (exact) mass is 758 g/mol. The van der Waals surface area contributed by atoms with E-state index in [2.05, 4.69) is 117 Å². The summed E-state index contributed by atoms with van der Waals surface area (Å²) < 4.78 is 0. The molecule has 56 heavy (non-hydrogen) atoms. The second-order valence-corrected chi connectivity index (χ2v) is 19.7. The minimum absolute atomic E-state index is 0.113. The van der Waals surface area contributed by atoms with Crippen LogP contribution in [0.4, 0.5) is 0 Å². The first-order valence-electron chi connectivity index (χ1n) is 19.8. The molecule has 0 radical (unpaired) electrons. The SMILES string of the molecule is CN(CCN(C)Cc1cc(C(C)(C)CC(C)(C)C)cc(-n2nc3ccccc3n2)c1O)Cc1cc(C(C)(C)CC(C)(C)C)cc(-n2nc3ccccc3n2)c1O. The summed E-state index contributed by atoms with van der Waals surface area (Å²) >= 11 is 0. The van der Waals surface area contributed by atoms with Crippen LogP contribution in [0.1, 0.15) is 104 Å². The summed E-state index contributed by atoms with van der Waals surface area (Å²) in [4.78, 5) is 7.62. The Morgan fingerprint density at radius 2 is 0.804 bits per heavy atom. The van der Waals surface area contributed by atoms with Crippen molar-refractivity contribution in [1.29, 1.82) is 0 Å². The van der Waals surface area contributed by atoms with Crippen molar-refractivity contribution in [3.8, 4) is 22.9 Å². The number of hydrogen-bond acceptors (Lipinski definition) is 8. The molecule has 0 unspecified atom stereocenters. The highest BCUT2D eigenvalue weighted by molar-refractivity contribution is 5.74. The van der Waals surface area contributed by atoms with Gasteiger partial charge in [-0.05, 0) is 96.1 Å². The summed E-state index contributed by atoms with van der Waals surface area (Å²) in [6.45, 7) is 25.2. The van der Waals surface area contributed by atoms with E-state index in [1.807, 2.05) is 48.5 Å². The lowest BCUT2D eigenvalue weighted by molar-refractivity contribution is 0.243. The molecule has 0 saturated heterocycles. The van der Waals surface area contributed by atoms with Crippen LogP contribution in [-0.2, 0) is 23.9 Å². The van der Waals surface area contributed by atoms with Gasteiger partial charge in [0.05, 0.1) is 0 Å². The maximum absolute atomic E-state index is 11.8. The second kappa shape index (κ2) is 15.3. The summed E-state index contributed by atoms with van der Waals surface area (Å²) in [5.41, 5.74) is 8.16. The lowest BCUT2D eigenvalue weighted by atomic mass is 9.72. The van der Waals surface area contributed by atoms with Crippen molar-refractivity contribution in [3.05, 3.63) is 95.1 Å². The first-order chi connectivity index (χ1) is 26.1. The van der Waals surface area contributed by atoms with Gasteiger partial charge in [0.25, 0.3) is 0 Å². The van der Waals surface area contributed by atoms with E-state index in [-0.39, 0.29) is 33.2 Å². The molecule has 2 N–H and O–H groups in total. The summed E-state index contributed by atoms with van der Waals surface area (Å²) in [6, 6.07) is 24.0. The fourth-order valence-electron chi connectivity index (χ4n) is 8.56. The van der Waals surface area contributed by atoms with Crippen LogP contribution >= 0.6 is 0 Å². The van der Waals surface area contributed by atoms with Gasteiger partial charge in [-0.3, -0.25) is 0 Å². The number of rotatable bonds is 13. The van der Waals surface area contributed by atoms with Crippen molar-refractivity contribution in [3.63, 3.8) is 0 Å². The van der Waals surface area contributed by atoms with Gasteiger partial charge in [-0.15, -0.1) is 30.0 Å². The molecule has 2 heterocycles. The van der Waals surface area contributed by atoms with Crippen LogP contribution in [0.3, 0.4) is 0 Å². The number of likely N-dealkylation sites (N-methyl/N-ethyl adjacent to an activating group) is 2. The van der Waals surface area contributed by atoms with Crippen LogP contribution in [-0.4, -0.2) is 77.2 Å². The zero-order chi connectivity index (χ0) is 40.8. The Labute approximate surface area is 333 Å². The third-order valence-electron chi connectivity index (χ3n) is 10.6. The molecule has 0 amide bonds. The Kier molecular flexibility index (Phi) is 11.1. The molecule has 0 fully saturated rings. The largest absolute Gasteiger partial charge is 0.505 e. The minimum Gasteiger partial charge on any atom is -0.505 e. The molecule has 10 nitrogen and oxygen atoms in total. The molecule has 4 aromatic carbocycles. The van der Waals surface area contributed by atoms with Crippen LogP contribution in [0.2, 0.25) is 0 Å². The van der Waals surface area contributed by atoms with E-state index in [4.69, 9.17) is 20.4 Å². The van der Waals surface area contributed by atoms with Crippen LogP contribution in [0.15, 0.2) is 72.8 Å². The average molecular weight is 759 g/mol. The topological polar surface area (TPSA) is 108 Å². The van der Waals surface area contributed by atoms with E-state index in [0.29, 0.717) is 24.5 Å². The smallest absolute Gasteiger partial charge is 0.147 e. The van der Waals surface area contributed by atoms with E-state index in [0.717, 1.165) is 70.3 Å². The van der Waals surface area contributed by atoms with Gasteiger partial charge in [0.1, 0.15) is 44.9 Å². The van der Waals surface area contributed by atoms with Gasteiger partial charge >= 0.3 is 0 Å². The zero-order valence-corrected chi connectivity index (χ0v) is 35.6. The third-order valence-corrected chi connectivity index (χ3v) is 10.6. The summed E-state index contributed by atoms with van der Waals surface area (Å²) in [5.74, 6) is 0.376. The molecular weight excluding hydrogens is 697 g/mol. The van der Waals surface area contributed by atoms with Crippen molar-refractivity contribution >= 4 is 22.1 Å². The Morgan fingerprint density at radius 1 is 0.500 bits per heavy atom. The molecule has 6 rings (SSSR count). The van der Waals surface area contributed by atoms with E-state index < -0.39 is 0 Å². The lowest BCUT2D eigenvalue weighted by Crippen LogP contribution is -2.31. The second-order valence-electron chi connectivity index (χ2n) is 19.7. The van der Waals surface area contributed by atoms with Crippen molar-refractivity contribution in [2.75, 3.05) is 27.2 Å². The van der Waals surface area contributed by atoms with Gasteiger partial charge in [0, 0.05) is 37.3 Å². The number of phenolic OH excluding ortho intramolecular Hbond substituents is 2. The van der Waals surface area contributed by atoms with Crippen molar-refractivity contribution in [1.82, 2.24) is 39.8 Å². The van der Waals surface area contributed by atoms with Gasteiger partial charge in [0.2, 0.25) is 0 Å². The molecule has 0 aliphatic heterocycles. The molecule has 298 valence electrons. The maximum Gasteiger partial charge on any atom is 0.147 e. The molecule has 0 saturated carbocycles. The Balaban J connectivity index is 1.25. The van der Waals surface area contributed by atoms with Crippen molar-refractivity contribution < 1.29 is 10.2 Å². The van der Waals surface area contributed by atoms with Gasteiger partial charge in [-0.2, -0.15) is 0 Å². The lowest BCUT2D eigenvalue weighted by Gasteiger charge is -2.34. The molecular formula is C46H62N8O2. The van der Waals surface area contributed by atoms with Gasteiger partial charge < -0.3 is 20.0 Å². The number of phenols is 2. The summed E-state index contributed by atoms with van der Waals surface area (Å²) in [6.07, 6.45) is 1.93. The molecule has 0 spiro atoms. The zero-order valence-electron chi connectivity index (χ0n) is 35.6. The number of hydrogen-bond donors (Lipinski definition) is 2. The molecule has 0 aliphatic rings. The number of fused-ring (bicyclic) bond motifs is 2. The highest BCUT2D eigenvalue weighted by atomic mass is 16.3. The molecule has 0 bridgehead atoms. The number of aromatic nitrogens is 6. The first kappa shape index (κ1) is 40.9. The predicted octanol–water partition coefficient (Wildman–Crippen LogP) is 9.56. The number of benzene rings is 4. The normalized spacial score (nSPS) is 13.2. The molecule has 0 atom stereocenters. The highest BCUT2D eigenvalue weighted by Crippen LogP contribution is 2.42. The van der Waals surface area contributed by atoms with E-state index in [9.17, 15) is 10.2 Å². The third kappa shape index (κ3) is 9.41. The van der Waals surface area contributed by atoms with Crippen molar-refractivity contribution in [2.45, 2.75) is 106 Å². The minimum atomic E-state index is -0.157. The molecule has 6 aromatic rings. The molecule has 0 aliphatic carbocycles. The van der Waals surface area contributed by atoms with Crippen LogP contribution in [0.25, 0.3) is 33.4 Å². The van der Waals surface area contributed by atoms with Crippen LogP contribution < -0.4 is 0 Å². The van der Waals surface area contributed by atoms with Gasteiger partial charge in [-0.25, -0.2) is 0 Å². The maximum atomic E-state index is 11.8. The van der Waals surface area contributed by atoms with E-state index in [1.54, 1.807) is 9.59 Å². The van der Waals surface area contributed by atoms with Crippen molar-refractivity contribution in [2.24, 2.45) is 10.8 Å². The standard InChI is InChI=1S/C46H62N8O2/c1-43(2,3)29-45(7,8)33-23-31(41(55)39(25-33)53-47-35-17-13-14-18-36(35)48-53)27-51(11)21-22-52(12)28-32-24-34(46(9,10)30-44(4,5)6)26-40(42(32)56)54-49-37-19-15-16-20-38(37)50-54/h13-20,23-26,55-56H,21-22,27-30H2,1-12H3. The number of nitrogens with zero attached hydrogens (tertiary/aromatic N) is 8. The van der Waals surface area contributed by atoms with Crippen LogP contribution in [0, 0.1) is 10.8 Å². The van der Waals surface area contributed by atoms with Gasteiger partial charge in [0.15, 0.2) is 0 Å². The van der Waals surface area contributed by atoms with Gasteiger partial charge in [-0.1, -0.05) is 106 Å². The van der Waals surface area contributed by atoms with Crippen LogP contribution in [0.5, 0.6) is 11.5 Å². The quantitative estimate of drug-likeness (QED) is 0.120. The highest BCUT2D eigenvalue weighted by Gasteiger charge is 2.31. The fraction of sp³-hybridized carbons (Fsp3) is 0.478. The Hall–Kier alpha value is -4.80. The average Bonchev–Trinajstić information content (AvgIpc) is 3.71. The molecule has 2 aromatic heterocycles. The Morgan fingerprint density at radius 3 is 1.09 bits per heavy atom. The first-order valence-corrected chi connectivity index (χ1v) is 19.8. The summed E-state index contributed by atoms with van der Waals surface area (Å²) in [7, 11) is 4.17. The fourth-order valence-corrected chi connectivity index (χ4v) is 8.56. The number of aromatic hydroxyl groups is 2.